The van der Waals surface area contributed by atoms with E-state index in [2.05, 4.69) is 15.4 Å². The van der Waals surface area contributed by atoms with E-state index in [-0.39, 0.29) is 0 Å². The minimum Gasteiger partial charge on any atom is -0.441 e. The number of hydrogen-bond acceptors (Lipinski definition) is 5. The molecule has 104 valence electrons. The first-order valence-corrected chi connectivity index (χ1v) is 6.43. The molecule has 0 fully saturated rings. The predicted molar refractivity (Wildman–Crippen MR) is 71.8 cm³/mol. The molecule has 6 heteroatoms. The molecule has 0 aromatic carbocycles. The van der Waals surface area contributed by atoms with E-state index in [1.807, 2.05) is 13.2 Å². The molecule has 6 nitrogen and oxygen atoms in total. The molecule has 0 spiro atoms. The zero-order chi connectivity index (χ0) is 13.5. The molecule has 0 saturated carbocycles. The van der Waals surface area contributed by atoms with Crippen LogP contribution in [0.5, 0.6) is 0 Å². The average Bonchev–Trinajstić information content (AvgIpc) is 3.02. The zero-order valence-electron chi connectivity index (χ0n) is 11.4. The Balaban J connectivity index is 1.75. The molecule has 2 aromatic heterocycles. The largest absolute Gasteiger partial charge is 0.441 e. The van der Waals surface area contributed by atoms with E-state index in [1.54, 1.807) is 24.2 Å². The van der Waals surface area contributed by atoms with Gasteiger partial charge in [-0.1, -0.05) is 0 Å². The van der Waals surface area contributed by atoms with Gasteiger partial charge in [0.25, 0.3) is 0 Å². The first-order chi connectivity index (χ1) is 9.29. The number of aryl methyl sites for hydroxylation is 2. The maximum atomic E-state index is 5.69. The number of methoxy groups -OCH3 is 1. The molecule has 0 bridgehead atoms. The van der Waals surface area contributed by atoms with Crippen LogP contribution < -0.4 is 5.32 Å². The lowest BCUT2D eigenvalue weighted by Gasteiger charge is -2.01. The summed E-state index contributed by atoms with van der Waals surface area (Å²) < 4.78 is 12.4. The third kappa shape index (κ3) is 4.18. The fourth-order valence-corrected chi connectivity index (χ4v) is 1.77. The monoisotopic (exact) mass is 264 g/mol. The van der Waals surface area contributed by atoms with Gasteiger partial charge in [0.15, 0.2) is 11.7 Å². The van der Waals surface area contributed by atoms with E-state index >= 15 is 0 Å². The third-order valence-electron chi connectivity index (χ3n) is 2.77. The molecule has 0 aliphatic rings. The molecule has 0 saturated heterocycles. The van der Waals surface area contributed by atoms with Crippen LogP contribution >= 0.6 is 0 Å². The Morgan fingerprint density at radius 2 is 2.26 bits per heavy atom. The van der Waals surface area contributed by atoms with Crippen LogP contribution in [0.4, 0.5) is 0 Å². The van der Waals surface area contributed by atoms with Crippen molar-refractivity contribution < 1.29 is 9.15 Å². The molecule has 1 N–H and O–H groups in total. The number of nitrogens with one attached hydrogen (secondary N) is 1. The molecule has 2 rings (SSSR count). The fourth-order valence-electron chi connectivity index (χ4n) is 1.77. The Labute approximate surface area is 112 Å². The van der Waals surface area contributed by atoms with Gasteiger partial charge >= 0.3 is 0 Å². The number of nitrogens with zero attached hydrogens (tertiary/aromatic N) is 3. The summed E-state index contributed by atoms with van der Waals surface area (Å²) in [5.41, 5.74) is 0.958. The van der Waals surface area contributed by atoms with Gasteiger partial charge in [0.1, 0.15) is 0 Å². The molecule has 2 aromatic rings. The molecule has 2 heterocycles. The lowest BCUT2D eigenvalue weighted by atomic mass is 10.3. The van der Waals surface area contributed by atoms with Crippen molar-refractivity contribution in [1.29, 1.82) is 0 Å². The summed E-state index contributed by atoms with van der Waals surface area (Å²) in [4.78, 5) is 4.28. The first kappa shape index (κ1) is 13.8. The summed E-state index contributed by atoms with van der Waals surface area (Å²) in [7, 11) is 3.58. The number of aromatic nitrogens is 3. The fraction of sp³-hybridized carbons (Fsp3) is 0.538. The van der Waals surface area contributed by atoms with Crippen molar-refractivity contribution in [2.75, 3.05) is 26.8 Å². The van der Waals surface area contributed by atoms with Crippen LogP contribution in [0.25, 0.3) is 11.3 Å². The quantitative estimate of drug-likeness (QED) is 0.727. The SMILES string of the molecule is COCCNCCCc1ncc(-c2cnn(C)c2)o1. The highest BCUT2D eigenvalue weighted by molar-refractivity contribution is 5.53. The van der Waals surface area contributed by atoms with Gasteiger partial charge in [-0.2, -0.15) is 5.10 Å². The predicted octanol–water partition coefficient (Wildman–Crippen LogP) is 1.24. The number of oxazole rings is 1. The van der Waals surface area contributed by atoms with Gasteiger partial charge in [0.2, 0.25) is 0 Å². The minimum absolute atomic E-state index is 0.740. The zero-order valence-corrected chi connectivity index (χ0v) is 11.4. The Kier molecular flexibility index (Phi) is 5.11. The second-order valence-corrected chi connectivity index (χ2v) is 4.37. The molecule has 0 aliphatic heterocycles. The number of hydrogen-bond donors (Lipinski definition) is 1. The second-order valence-electron chi connectivity index (χ2n) is 4.37. The summed E-state index contributed by atoms with van der Waals surface area (Å²) in [6.45, 7) is 2.56. The molecule has 19 heavy (non-hydrogen) atoms. The van der Waals surface area contributed by atoms with E-state index in [4.69, 9.17) is 9.15 Å². The van der Waals surface area contributed by atoms with Crippen molar-refractivity contribution in [3.63, 3.8) is 0 Å². The summed E-state index contributed by atoms with van der Waals surface area (Å²) in [5, 5.41) is 7.40. The van der Waals surface area contributed by atoms with Crippen molar-refractivity contribution in [2.45, 2.75) is 12.8 Å². The molecule has 0 atom stereocenters. The Morgan fingerprint density at radius 3 is 3.00 bits per heavy atom. The Bertz CT molecular complexity index is 492. The van der Waals surface area contributed by atoms with Crippen LogP contribution in [-0.4, -0.2) is 41.6 Å². The standard InChI is InChI=1S/C13H20N4O2/c1-17-10-11(8-16-17)12-9-15-13(19-12)4-3-5-14-6-7-18-2/h8-10,14H,3-7H2,1-2H3. The maximum Gasteiger partial charge on any atom is 0.194 e. The summed E-state index contributed by atoms with van der Waals surface area (Å²) in [6.07, 6.45) is 7.27. The van der Waals surface area contributed by atoms with Crippen LogP contribution in [0, 0.1) is 0 Å². The van der Waals surface area contributed by atoms with E-state index in [0.29, 0.717) is 0 Å². The van der Waals surface area contributed by atoms with Crippen LogP contribution in [0.15, 0.2) is 23.0 Å². The Morgan fingerprint density at radius 1 is 1.37 bits per heavy atom. The number of rotatable bonds is 8. The lowest BCUT2D eigenvalue weighted by molar-refractivity contribution is 0.199. The molecule has 0 amide bonds. The van der Waals surface area contributed by atoms with Gasteiger partial charge < -0.3 is 14.5 Å². The van der Waals surface area contributed by atoms with E-state index in [9.17, 15) is 0 Å². The van der Waals surface area contributed by atoms with Crippen molar-refractivity contribution in [3.8, 4) is 11.3 Å². The minimum atomic E-state index is 0.740. The van der Waals surface area contributed by atoms with E-state index in [0.717, 1.165) is 49.8 Å². The topological polar surface area (TPSA) is 65.1 Å². The van der Waals surface area contributed by atoms with Crippen molar-refractivity contribution >= 4 is 0 Å². The second kappa shape index (κ2) is 7.06. The highest BCUT2D eigenvalue weighted by Crippen LogP contribution is 2.19. The average molecular weight is 264 g/mol. The van der Waals surface area contributed by atoms with Gasteiger partial charge in [-0.3, -0.25) is 4.68 Å². The lowest BCUT2D eigenvalue weighted by Crippen LogP contribution is -2.20. The van der Waals surface area contributed by atoms with Crippen LogP contribution in [0.2, 0.25) is 0 Å². The molecule has 0 aliphatic carbocycles. The normalized spacial score (nSPS) is 11.1. The molecular formula is C13H20N4O2. The van der Waals surface area contributed by atoms with E-state index in [1.165, 1.54) is 0 Å². The van der Waals surface area contributed by atoms with Crippen molar-refractivity contribution in [2.24, 2.45) is 7.05 Å². The highest BCUT2D eigenvalue weighted by Gasteiger charge is 2.07. The van der Waals surface area contributed by atoms with Crippen molar-refractivity contribution in [3.05, 3.63) is 24.5 Å². The van der Waals surface area contributed by atoms with Gasteiger partial charge in [0.05, 0.1) is 24.6 Å². The van der Waals surface area contributed by atoms with Crippen LogP contribution in [-0.2, 0) is 18.2 Å². The van der Waals surface area contributed by atoms with Crippen LogP contribution in [0.3, 0.4) is 0 Å². The van der Waals surface area contributed by atoms with Gasteiger partial charge in [-0.05, 0) is 13.0 Å². The summed E-state index contributed by atoms with van der Waals surface area (Å²) in [5.74, 6) is 1.54. The summed E-state index contributed by atoms with van der Waals surface area (Å²) in [6, 6.07) is 0. The molecular weight excluding hydrogens is 244 g/mol. The van der Waals surface area contributed by atoms with Crippen LogP contribution in [0.1, 0.15) is 12.3 Å². The maximum absolute atomic E-state index is 5.69. The number of ether oxygens (including phenoxy) is 1. The molecule has 0 unspecified atom stereocenters. The van der Waals surface area contributed by atoms with Gasteiger partial charge in [-0.15, -0.1) is 0 Å². The smallest absolute Gasteiger partial charge is 0.194 e. The highest BCUT2D eigenvalue weighted by atomic mass is 16.5. The van der Waals surface area contributed by atoms with Gasteiger partial charge in [-0.25, -0.2) is 4.98 Å². The third-order valence-corrected chi connectivity index (χ3v) is 2.77. The van der Waals surface area contributed by atoms with E-state index < -0.39 is 0 Å². The first-order valence-electron chi connectivity index (χ1n) is 6.43. The van der Waals surface area contributed by atoms with Gasteiger partial charge in [0, 0.05) is 33.3 Å². The van der Waals surface area contributed by atoms with Crippen molar-refractivity contribution in [1.82, 2.24) is 20.1 Å². The summed E-state index contributed by atoms with van der Waals surface area (Å²) >= 11 is 0. The Hall–Kier alpha value is -1.66. The molecule has 0 radical (unpaired) electrons.